The van der Waals surface area contributed by atoms with Gasteiger partial charge in [-0.2, -0.15) is 0 Å². The standard InChI is InChI=1S/C14H17BrN4O/c1-9(2)12-13(19-16)17-8-18-14(12)20-7-10-4-3-5-11(15)6-10/h3-6,8-9H,7,16H2,1-2H3,(H,17,18,19). The van der Waals surface area contributed by atoms with E-state index in [2.05, 4.69) is 31.3 Å². The van der Waals surface area contributed by atoms with Crippen LogP contribution in [-0.2, 0) is 6.61 Å². The molecule has 3 N–H and O–H groups in total. The number of hydrogen-bond acceptors (Lipinski definition) is 5. The van der Waals surface area contributed by atoms with E-state index in [0.717, 1.165) is 15.6 Å². The zero-order valence-electron chi connectivity index (χ0n) is 11.4. The second kappa shape index (κ2) is 6.67. The molecule has 2 rings (SSSR count). The minimum Gasteiger partial charge on any atom is -0.472 e. The summed E-state index contributed by atoms with van der Waals surface area (Å²) < 4.78 is 6.84. The maximum atomic E-state index is 5.81. The molecule has 0 aliphatic rings. The largest absolute Gasteiger partial charge is 0.472 e. The van der Waals surface area contributed by atoms with Gasteiger partial charge in [0.25, 0.3) is 0 Å². The number of nitrogen functional groups attached to an aromatic ring is 1. The van der Waals surface area contributed by atoms with E-state index < -0.39 is 0 Å². The Balaban J connectivity index is 2.21. The number of aromatic nitrogens is 2. The summed E-state index contributed by atoms with van der Waals surface area (Å²) in [5, 5.41) is 0. The lowest BCUT2D eigenvalue weighted by molar-refractivity contribution is 0.288. The molecule has 0 amide bonds. The van der Waals surface area contributed by atoms with Crippen LogP contribution in [0.1, 0.15) is 30.9 Å². The smallest absolute Gasteiger partial charge is 0.222 e. The molecule has 0 aliphatic heterocycles. The Bertz CT molecular complexity index is 589. The molecule has 0 radical (unpaired) electrons. The zero-order valence-corrected chi connectivity index (χ0v) is 13.0. The first-order valence-electron chi connectivity index (χ1n) is 6.30. The molecule has 5 nitrogen and oxygen atoms in total. The lowest BCUT2D eigenvalue weighted by atomic mass is 10.1. The normalized spacial score (nSPS) is 10.7. The number of nitrogens with one attached hydrogen (secondary N) is 1. The molecule has 0 unspecified atom stereocenters. The molecule has 2 aromatic rings. The molecule has 0 spiro atoms. The molecule has 1 heterocycles. The van der Waals surface area contributed by atoms with E-state index in [0.29, 0.717) is 18.3 Å². The molecule has 1 aromatic heterocycles. The molecule has 1 aromatic carbocycles. The summed E-state index contributed by atoms with van der Waals surface area (Å²) in [6.45, 7) is 4.54. The molecule has 106 valence electrons. The summed E-state index contributed by atoms with van der Waals surface area (Å²) in [5.74, 6) is 6.85. The molecule has 20 heavy (non-hydrogen) atoms. The average Bonchev–Trinajstić information content (AvgIpc) is 2.44. The van der Waals surface area contributed by atoms with Crippen LogP contribution in [0.4, 0.5) is 5.82 Å². The number of hydrazine groups is 1. The third-order valence-corrected chi connectivity index (χ3v) is 3.32. The van der Waals surface area contributed by atoms with Crippen molar-refractivity contribution >= 4 is 21.7 Å². The lowest BCUT2D eigenvalue weighted by Crippen LogP contribution is -2.14. The summed E-state index contributed by atoms with van der Waals surface area (Å²) in [6.07, 6.45) is 1.44. The Morgan fingerprint density at radius 2 is 2.15 bits per heavy atom. The first-order valence-corrected chi connectivity index (χ1v) is 7.10. The summed E-state index contributed by atoms with van der Waals surface area (Å²) in [6, 6.07) is 7.96. The van der Waals surface area contributed by atoms with Gasteiger partial charge in [-0.1, -0.05) is 41.9 Å². The topological polar surface area (TPSA) is 73.1 Å². The number of rotatable bonds is 5. The van der Waals surface area contributed by atoms with Crippen LogP contribution < -0.4 is 16.0 Å². The highest BCUT2D eigenvalue weighted by molar-refractivity contribution is 9.10. The van der Waals surface area contributed by atoms with E-state index in [1.54, 1.807) is 0 Å². The number of benzene rings is 1. The van der Waals surface area contributed by atoms with Gasteiger partial charge in [0.15, 0.2) is 5.82 Å². The van der Waals surface area contributed by atoms with Gasteiger partial charge in [-0.15, -0.1) is 0 Å². The van der Waals surface area contributed by atoms with E-state index in [4.69, 9.17) is 10.6 Å². The van der Waals surface area contributed by atoms with Crippen LogP contribution in [0.25, 0.3) is 0 Å². The minimum atomic E-state index is 0.208. The number of nitrogens with two attached hydrogens (primary N) is 1. The molecule has 0 saturated carbocycles. The van der Waals surface area contributed by atoms with Gasteiger partial charge in [0, 0.05) is 4.47 Å². The quantitative estimate of drug-likeness (QED) is 0.647. The number of halogens is 1. The van der Waals surface area contributed by atoms with Crippen molar-refractivity contribution in [2.24, 2.45) is 5.84 Å². The van der Waals surface area contributed by atoms with Crippen molar-refractivity contribution < 1.29 is 4.74 Å². The summed E-state index contributed by atoms with van der Waals surface area (Å²) in [4.78, 5) is 8.32. The Morgan fingerprint density at radius 1 is 1.35 bits per heavy atom. The van der Waals surface area contributed by atoms with Gasteiger partial charge >= 0.3 is 0 Å². The molecule has 0 atom stereocenters. The van der Waals surface area contributed by atoms with E-state index in [-0.39, 0.29) is 5.92 Å². The van der Waals surface area contributed by atoms with Gasteiger partial charge in [0.1, 0.15) is 12.9 Å². The van der Waals surface area contributed by atoms with Crippen LogP contribution >= 0.6 is 15.9 Å². The fraction of sp³-hybridized carbons (Fsp3) is 0.286. The Hall–Kier alpha value is -1.66. The highest BCUT2D eigenvalue weighted by Crippen LogP contribution is 2.29. The van der Waals surface area contributed by atoms with Crippen molar-refractivity contribution in [1.29, 1.82) is 0 Å². The maximum absolute atomic E-state index is 5.81. The third-order valence-electron chi connectivity index (χ3n) is 2.83. The highest BCUT2D eigenvalue weighted by atomic mass is 79.9. The zero-order chi connectivity index (χ0) is 14.5. The van der Waals surface area contributed by atoms with E-state index in [9.17, 15) is 0 Å². The Labute approximate surface area is 126 Å². The van der Waals surface area contributed by atoms with Crippen molar-refractivity contribution in [3.8, 4) is 5.88 Å². The van der Waals surface area contributed by atoms with E-state index in [1.165, 1.54) is 6.33 Å². The molecule has 0 bridgehead atoms. The van der Waals surface area contributed by atoms with Crippen molar-refractivity contribution in [3.63, 3.8) is 0 Å². The van der Waals surface area contributed by atoms with Gasteiger partial charge in [-0.3, -0.25) is 0 Å². The van der Waals surface area contributed by atoms with Gasteiger partial charge in [0.05, 0.1) is 5.56 Å². The van der Waals surface area contributed by atoms with Crippen molar-refractivity contribution in [2.45, 2.75) is 26.4 Å². The summed E-state index contributed by atoms with van der Waals surface area (Å²) >= 11 is 3.44. The van der Waals surface area contributed by atoms with Crippen molar-refractivity contribution in [1.82, 2.24) is 9.97 Å². The SMILES string of the molecule is CC(C)c1c(NN)ncnc1OCc1cccc(Br)c1. The fourth-order valence-electron chi connectivity index (χ4n) is 1.91. The monoisotopic (exact) mass is 336 g/mol. The highest BCUT2D eigenvalue weighted by Gasteiger charge is 2.15. The number of anilines is 1. The van der Waals surface area contributed by atoms with Gasteiger partial charge in [-0.05, 0) is 23.6 Å². The van der Waals surface area contributed by atoms with Crippen LogP contribution in [-0.4, -0.2) is 9.97 Å². The molecule has 0 saturated heterocycles. The minimum absolute atomic E-state index is 0.208. The number of ether oxygens (including phenoxy) is 1. The van der Waals surface area contributed by atoms with Gasteiger partial charge < -0.3 is 10.2 Å². The number of hydrogen-bond donors (Lipinski definition) is 2. The van der Waals surface area contributed by atoms with Crippen LogP contribution in [0, 0.1) is 0 Å². The van der Waals surface area contributed by atoms with Crippen LogP contribution in [0.2, 0.25) is 0 Å². The average molecular weight is 337 g/mol. The van der Waals surface area contributed by atoms with Crippen molar-refractivity contribution in [2.75, 3.05) is 5.43 Å². The van der Waals surface area contributed by atoms with E-state index in [1.807, 2.05) is 38.1 Å². The third kappa shape index (κ3) is 3.46. The predicted octanol–water partition coefficient (Wildman–Crippen LogP) is 3.23. The van der Waals surface area contributed by atoms with Gasteiger partial charge in [0.2, 0.25) is 5.88 Å². The first kappa shape index (κ1) is 14.7. The van der Waals surface area contributed by atoms with Crippen molar-refractivity contribution in [3.05, 3.63) is 46.2 Å². The number of nitrogens with zero attached hydrogens (tertiary/aromatic N) is 2. The molecule has 0 aliphatic carbocycles. The Morgan fingerprint density at radius 3 is 2.80 bits per heavy atom. The van der Waals surface area contributed by atoms with E-state index >= 15 is 0 Å². The molecular formula is C14H17BrN4O. The maximum Gasteiger partial charge on any atom is 0.222 e. The van der Waals surface area contributed by atoms with Crippen LogP contribution in [0.5, 0.6) is 5.88 Å². The Kier molecular flexibility index (Phi) is 4.92. The second-order valence-corrected chi connectivity index (χ2v) is 5.57. The van der Waals surface area contributed by atoms with Crippen LogP contribution in [0.15, 0.2) is 35.1 Å². The molecule has 6 heteroatoms. The van der Waals surface area contributed by atoms with Crippen LogP contribution in [0.3, 0.4) is 0 Å². The summed E-state index contributed by atoms with van der Waals surface area (Å²) in [7, 11) is 0. The van der Waals surface area contributed by atoms with Gasteiger partial charge in [-0.25, -0.2) is 15.8 Å². The predicted molar refractivity (Wildman–Crippen MR) is 82.4 cm³/mol. The first-order chi connectivity index (χ1) is 9.61. The summed E-state index contributed by atoms with van der Waals surface area (Å²) in [5.41, 5.74) is 4.53. The molecular weight excluding hydrogens is 320 g/mol. The second-order valence-electron chi connectivity index (χ2n) is 4.66. The lowest BCUT2D eigenvalue weighted by Gasteiger charge is -2.15. The molecule has 0 fully saturated rings. The fourth-order valence-corrected chi connectivity index (χ4v) is 2.35.